The molecule has 0 aliphatic heterocycles. The minimum Gasteiger partial charge on any atom is -0.450 e. The van der Waals surface area contributed by atoms with Crippen molar-refractivity contribution < 1.29 is 22.8 Å². The second kappa shape index (κ2) is 14.7. The smallest absolute Gasteiger partial charge is 0.450 e. The van der Waals surface area contributed by atoms with Gasteiger partial charge < -0.3 is 29.5 Å². The largest absolute Gasteiger partial charge is 0.500 e. The Hall–Kier alpha value is -0.673. The molecule has 0 rings (SSSR count). The number of ether oxygens (including phenoxy) is 1. The third kappa shape index (κ3) is 12.4. The molecule has 0 fully saturated rings. The van der Waals surface area contributed by atoms with E-state index in [9.17, 15) is 4.79 Å². The maximum atomic E-state index is 9.60. The van der Waals surface area contributed by atoms with Crippen molar-refractivity contribution in [3.8, 4) is 0 Å². The van der Waals surface area contributed by atoms with Crippen molar-refractivity contribution in [2.45, 2.75) is 40.2 Å². The van der Waals surface area contributed by atoms with Crippen LogP contribution in [-0.2, 0) is 18.0 Å². The Bertz CT molecular complexity index is 215. The number of carbonyl (C=O) groups excluding carboxylic acids is 1. The predicted molar refractivity (Wildman–Crippen MR) is 80.3 cm³/mol. The number of nitrogens with two attached hydrogens (primary N) is 2. The SMILES string of the molecule is CCOC(N)=O.CCO[Si](CCCN)(OCC)OCC. The molecule has 0 aromatic heterocycles. The number of rotatable bonds is 10. The molecule has 0 atom stereocenters. The fourth-order valence-corrected chi connectivity index (χ4v) is 4.10. The summed E-state index contributed by atoms with van der Waals surface area (Å²) in [5, 5.41) is 0. The van der Waals surface area contributed by atoms with Gasteiger partial charge in [-0.3, -0.25) is 0 Å². The standard InChI is InChI=1S/C9H23NO3Si.C3H7NO2/c1-4-11-14(12-5-2,13-6-3)9-7-8-10;1-2-6-3(4)5/h4-10H2,1-3H3;2H2,1H3,(H2,4,5). The lowest BCUT2D eigenvalue weighted by Gasteiger charge is -2.28. The van der Waals surface area contributed by atoms with E-state index in [1.54, 1.807) is 6.92 Å². The molecule has 0 bridgehead atoms. The van der Waals surface area contributed by atoms with E-state index in [1.165, 1.54) is 0 Å². The summed E-state index contributed by atoms with van der Waals surface area (Å²) in [4.78, 5) is 9.60. The molecule has 4 N–H and O–H groups in total. The lowest BCUT2D eigenvalue weighted by molar-refractivity contribution is 0.0710. The molecule has 0 saturated heterocycles. The highest BCUT2D eigenvalue weighted by molar-refractivity contribution is 6.60. The highest BCUT2D eigenvalue weighted by Crippen LogP contribution is 2.17. The second-order valence-electron chi connectivity index (χ2n) is 3.63. The maximum Gasteiger partial charge on any atom is 0.500 e. The van der Waals surface area contributed by atoms with Crippen molar-refractivity contribution in [3.05, 3.63) is 0 Å². The minimum absolute atomic E-state index is 0.356. The zero-order chi connectivity index (χ0) is 15.9. The molecule has 0 spiro atoms. The van der Waals surface area contributed by atoms with Crippen LogP contribution in [0.1, 0.15) is 34.1 Å². The second-order valence-corrected chi connectivity index (χ2v) is 6.36. The van der Waals surface area contributed by atoms with Gasteiger partial charge >= 0.3 is 14.9 Å². The monoisotopic (exact) mass is 310 g/mol. The van der Waals surface area contributed by atoms with Gasteiger partial charge in [-0.05, 0) is 40.7 Å². The summed E-state index contributed by atoms with van der Waals surface area (Å²) in [5.74, 6) is 0. The van der Waals surface area contributed by atoms with Crippen LogP contribution in [0.15, 0.2) is 0 Å². The number of amides is 1. The lowest BCUT2D eigenvalue weighted by atomic mass is 10.5. The molecule has 0 radical (unpaired) electrons. The van der Waals surface area contributed by atoms with Gasteiger partial charge in [0.2, 0.25) is 0 Å². The van der Waals surface area contributed by atoms with Crippen molar-refractivity contribution in [2.75, 3.05) is 33.0 Å². The van der Waals surface area contributed by atoms with Crippen LogP contribution in [-0.4, -0.2) is 47.9 Å². The molecular weight excluding hydrogens is 280 g/mol. The summed E-state index contributed by atoms with van der Waals surface area (Å²) >= 11 is 0. The van der Waals surface area contributed by atoms with Gasteiger partial charge in [0, 0.05) is 25.9 Å². The first-order valence-corrected chi connectivity index (χ1v) is 8.99. The van der Waals surface area contributed by atoms with E-state index < -0.39 is 14.9 Å². The molecule has 0 aromatic carbocycles. The van der Waals surface area contributed by atoms with Gasteiger partial charge in [0.05, 0.1) is 6.61 Å². The van der Waals surface area contributed by atoms with Crippen LogP contribution in [0, 0.1) is 0 Å². The predicted octanol–water partition coefficient (Wildman–Crippen LogP) is 1.49. The summed E-state index contributed by atoms with van der Waals surface area (Å²) < 4.78 is 21.1. The Labute approximate surface area is 123 Å². The van der Waals surface area contributed by atoms with E-state index >= 15 is 0 Å². The van der Waals surface area contributed by atoms with Gasteiger partial charge in [-0.25, -0.2) is 4.79 Å². The fourth-order valence-electron chi connectivity index (χ4n) is 1.46. The van der Waals surface area contributed by atoms with Crippen molar-refractivity contribution in [2.24, 2.45) is 11.5 Å². The molecule has 0 aliphatic rings. The number of hydrogen-bond donors (Lipinski definition) is 2. The molecule has 20 heavy (non-hydrogen) atoms. The van der Waals surface area contributed by atoms with Gasteiger partial charge in [0.15, 0.2) is 0 Å². The molecule has 0 aliphatic carbocycles. The van der Waals surface area contributed by atoms with E-state index in [0.29, 0.717) is 33.0 Å². The quantitative estimate of drug-likeness (QED) is 0.592. The Morgan fingerprint density at radius 3 is 1.60 bits per heavy atom. The van der Waals surface area contributed by atoms with Crippen LogP contribution < -0.4 is 11.5 Å². The lowest BCUT2D eigenvalue weighted by Crippen LogP contribution is -2.46. The van der Waals surface area contributed by atoms with Gasteiger partial charge in [-0.2, -0.15) is 0 Å². The van der Waals surface area contributed by atoms with Crippen molar-refractivity contribution in [1.29, 1.82) is 0 Å². The van der Waals surface area contributed by atoms with Crippen LogP contribution in [0.4, 0.5) is 4.79 Å². The average Bonchev–Trinajstić information content (AvgIpc) is 2.38. The number of primary amides is 1. The first kappa shape index (κ1) is 21.6. The Morgan fingerprint density at radius 2 is 1.40 bits per heavy atom. The molecule has 0 saturated carbocycles. The third-order valence-electron chi connectivity index (χ3n) is 2.07. The van der Waals surface area contributed by atoms with Gasteiger partial charge in [-0.15, -0.1) is 0 Å². The zero-order valence-electron chi connectivity index (χ0n) is 13.1. The fraction of sp³-hybridized carbons (Fsp3) is 0.917. The van der Waals surface area contributed by atoms with Crippen molar-refractivity contribution >= 4 is 14.9 Å². The average molecular weight is 310 g/mol. The molecule has 7 nitrogen and oxygen atoms in total. The molecule has 1 amide bonds. The van der Waals surface area contributed by atoms with E-state index in [-0.39, 0.29) is 0 Å². The van der Waals surface area contributed by atoms with E-state index in [1.807, 2.05) is 20.8 Å². The van der Waals surface area contributed by atoms with Crippen LogP contribution >= 0.6 is 0 Å². The van der Waals surface area contributed by atoms with Crippen molar-refractivity contribution in [1.82, 2.24) is 0 Å². The zero-order valence-corrected chi connectivity index (χ0v) is 14.1. The van der Waals surface area contributed by atoms with E-state index in [2.05, 4.69) is 10.5 Å². The Balaban J connectivity index is 0. The molecular formula is C12H30N2O5Si. The van der Waals surface area contributed by atoms with Crippen LogP contribution in [0.25, 0.3) is 0 Å². The van der Waals surface area contributed by atoms with Crippen molar-refractivity contribution in [3.63, 3.8) is 0 Å². The van der Waals surface area contributed by atoms with Crippen LogP contribution in [0.2, 0.25) is 6.04 Å². The van der Waals surface area contributed by atoms with E-state index in [4.69, 9.17) is 19.0 Å². The van der Waals surface area contributed by atoms with Crippen LogP contribution in [0.3, 0.4) is 0 Å². The summed E-state index contributed by atoms with van der Waals surface area (Å²) in [6.07, 6.45) is 0.184. The van der Waals surface area contributed by atoms with Gasteiger partial charge in [-0.1, -0.05) is 0 Å². The molecule has 122 valence electrons. The summed E-state index contributed by atoms with van der Waals surface area (Å²) in [6.45, 7) is 10.5. The normalized spacial score (nSPS) is 10.7. The first-order valence-electron chi connectivity index (χ1n) is 7.05. The summed E-state index contributed by atoms with van der Waals surface area (Å²) in [5.41, 5.74) is 10.0. The molecule has 0 heterocycles. The minimum atomic E-state index is -2.40. The van der Waals surface area contributed by atoms with Gasteiger partial charge in [0.1, 0.15) is 0 Å². The Kier molecular flexibility index (Phi) is 15.9. The first-order chi connectivity index (χ1) is 9.51. The molecule has 0 unspecified atom stereocenters. The maximum absolute atomic E-state index is 9.60. The number of carbonyl (C=O) groups is 1. The Morgan fingerprint density at radius 1 is 0.950 bits per heavy atom. The highest BCUT2D eigenvalue weighted by Gasteiger charge is 2.39. The van der Waals surface area contributed by atoms with Gasteiger partial charge in [0.25, 0.3) is 0 Å². The highest BCUT2D eigenvalue weighted by atomic mass is 28.4. The molecule has 8 heteroatoms. The topological polar surface area (TPSA) is 106 Å². The number of hydrogen-bond acceptors (Lipinski definition) is 6. The third-order valence-corrected chi connectivity index (χ3v) is 5.22. The summed E-state index contributed by atoms with van der Waals surface area (Å²) in [7, 11) is -2.40. The van der Waals surface area contributed by atoms with E-state index in [0.717, 1.165) is 12.5 Å². The molecule has 0 aromatic rings. The summed E-state index contributed by atoms with van der Waals surface area (Å²) in [6, 6.07) is 0.818. The van der Waals surface area contributed by atoms with Crippen LogP contribution in [0.5, 0.6) is 0 Å².